The van der Waals surface area contributed by atoms with Crippen molar-refractivity contribution in [1.29, 1.82) is 0 Å². The first-order valence-electron chi connectivity index (χ1n) is 7.87. The minimum atomic E-state index is -0.480. The van der Waals surface area contributed by atoms with Crippen LogP contribution in [0.25, 0.3) is 0 Å². The summed E-state index contributed by atoms with van der Waals surface area (Å²) in [4.78, 5) is 19.2. The number of carbonyl (C=O) groups is 1. The number of anilines is 2. The quantitative estimate of drug-likeness (QED) is 0.792. The molecule has 6 nitrogen and oxygen atoms in total. The van der Waals surface area contributed by atoms with Crippen molar-refractivity contribution >= 4 is 29.8 Å². The minimum absolute atomic E-state index is 0. The predicted molar refractivity (Wildman–Crippen MR) is 95.5 cm³/mol. The lowest BCUT2D eigenvalue weighted by Gasteiger charge is -2.26. The fraction of sp³-hybridized carbons (Fsp3) is 0.625. The van der Waals surface area contributed by atoms with Gasteiger partial charge in [-0.15, -0.1) is 12.4 Å². The van der Waals surface area contributed by atoms with Crippen molar-refractivity contribution in [1.82, 2.24) is 10.3 Å². The first-order chi connectivity index (χ1) is 10.6. The van der Waals surface area contributed by atoms with Crippen molar-refractivity contribution in [3.63, 3.8) is 0 Å². The van der Waals surface area contributed by atoms with E-state index in [9.17, 15) is 4.79 Å². The first-order valence-corrected chi connectivity index (χ1v) is 7.87. The third-order valence-electron chi connectivity index (χ3n) is 4.24. The molecule has 2 rings (SSSR count). The Balaban J connectivity index is 0.00000264. The Morgan fingerprint density at radius 3 is 2.65 bits per heavy atom. The van der Waals surface area contributed by atoms with E-state index in [4.69, 9.17) is 4.74 Å². The predicted octanol–water partition coefficient (Wildman–Crippen LogP) is 1.91. The SMILES string of the molecule is CCN(CC)c1ccc(NC(=O)C2(COC)CCNC2)cn1.Cl. The van der Waals surface area contributed by atoms with Crippen LogP contribution in [0.5, 0.6) is 0 Å². The standard InChI is InChI=1S/C16H26N4O2.ClH/c1-4-20(5-2)14-7-6-13(10-18-14)19-15(21)16(12-22-3)8-9-17-11-16;/h6-7,10,17H,4-5,8-9,11-12H2,1-3H3,(H,19,21);1H. The van der Waals surface area contributed by atoms with E-state index in [1.807, 2.05) is 12.1 Å². The zero-order valence-electron chi connectivity index (χ0n) is 14.1. The van der Waals surface area contributed by atoms with E-state index in [-0.39, 0.29) is 18.3 Å². The fourth-order valence-electron chi connectivity index (χ4n) is 2.86. The monoisotopic (exact) mass is 342 g/mol. The summed E-state index contributed by atoms with van der Waals surface area (Å²) in [6, 6.07) is 3.85. The molecule has 7 heteroatoms. The molecule has 1 fully saturated rings. The maximum absolute atomic E-state index is 12.6. The molecule has 0 aromatic carbocycles. The number of aromatic nitrogens is 1. The molecule has 0 saturated carbocycles. The highest BCUT2D eigenvalue weighted by molar-refractivity contribution is 5.95. The molecule has 1 amide bonds. The first kappa shape index (κ1) is 19.7. The molecule has 23 heavy (non-hydrogen) atoms. The number of carbonyl (C=O) groups excluding carboxylic acids is 1. The summed E-state index contributed by atoms with van der Waals surface area (Å²) in [6.45, 7) is 7.95. The molecule has 0 aliphatic carbocycles. The maximum atomic E-state index is 12.6. The Hall–Kier alpha value is -1.37. The van der Waals surface area contributed by atoms with E-state index >= 15 is 0 Å². The Morgan fingerprint density at radius 2 is 2.17 bits per heavy atom. The number of nitrogens with one attached hydrogen (secondary N) is 2. The molecule has 0 spiro atoms. The van der Waals surface area contributed by atoms with Crippen molar-refractivity contribution in [3.8, 4) is 0 Å². The van der Waals surface area contributed by atoms with Crippen molar-refractivity contribution in [2.24, 2.45) is 5.41 Å². The number of rotatable bonds is 7. The van der Waals surface area contributed by atoms with Gasteiger partial charge in [0.1, 0.15) is 5.82 Å². The summed E-state index contributed by atoms with van der Waals surface area (Å²) in [5.74, 6) is 0.925. The van der Waals surface area contributed by atoms with Gasteiger partial charge >= 0.3 is 0 Å². The zero-order valence-corrected chi connectivity index (χ0v) is 14.9. The molecule has 1 saturated heterocycles. The lowest BCUT2D eigenvalue weighted by molar-refractivity contribution is -0.127. The van der Waals surface area contributed by atoms with E-state index in [1.165, 1.54) is 0 Å². The molecule has 1 unspecified atom stereocenters. The fourth-order valence-corrected chi connectivity index (χ4v) is 2.86. The normalized spacial score (nSPS) is 20.0. The van der Waals surface area contributed by atoms with E-state index in [1.54, 1.807) is 13.3 Å². The van der Waals surface area contributed by atoms with Gasteiger partial charge in [-0.05, 0) is 38.9 Å². The number of ether oxygens (including phenoxy) is 1. The minimum Gasteiger partial charge on any atom is -0.384 e. The topological polar surface area (TPSA) is 66.5 Å². The van der Waals surface area contributed by atoms with Gasteiger partial charge in [0.25, 0.3) is 0 Å². The van der Waals surface area contributed by atoms with Crippen molar-refractivity contribution < 1.29 is 9.53 Å². The number of hydrogen-bond acceptors (Lipinski definition) is 5. The molecule has 0 radical (unpaired) electrons. The molecule has 2 heterocycles. The third-order valence-corrected chi connectivity index (χ3v) is 4.24. The van der Waals surface area contributed by atoms with Gasteiger partial charge in [-0.25, -0.2) is 4.98 Å². The summed E-state index contributed by atoms with van der Waals surface area (Å²) < 4.78 is 5.24. The van der Waals surface area contributed by atoms with Gasteiger partial charge < -0.3 is 20.3 Å². The molecular formula is C16H27ClN4O2. The number of amides is 1. The molecule has 2 N–H and O–H groups in total. The molecule has 0 bridgehead atoms. The number of halogens is 1. The van der Waals surface area contributed by atoms with Crippen LogP contribution in [0, 0.1) is 5.41 Å². The van der Waals surface area contributed by atoms with Crippen LogP contribution >= 0.6 is 12.4 Å². The van der Waals surface area contributed by atoms with Crippen molar-refractivity contribution in [2.75, 3.05) is 50.1 Å². The third kappa shape index (κ3) is 4.56. The highest BCUT2D eigenvalue weighted by Gasteiger charge is 2.41. The van der Waals surface area contributed by atoms with E-state index in [2.05, 4.69) is 34.4 Å². The highest BCUT2D eigenvalue weighted by Crippen LogP contribution is 2.28. The van der Waals surface area contributed by atoms with Crippen LogP contribution < -0.4 is 15.5 Å². The Bertz CT molecular complexity index is 485. The molecule has 1 atom stereocenters. The lowest BCUT2D eigenvalue weighted by atomic mass is 9.87. The van der Waals surface area contributed by atoms with Gasteiger partial charge in [0.05, 0.1) is 23.9 Å². The average Bonchev–Trinajstić information content (AvgIpc) is 3.00. The van der Waals surface area contributed by atoms with Crippen LogP contribution in [0.4, 0.5) is 11.5 Å². The summed E-state index contributed by atoms with van der Waals surface area (Å²) in [6.07, 6.45) is 2.51. The largest absolute Gasteiger partial charge is 0.384 e. The van der Waals surface area contributed by atoms with Gasteiger partial charge in [-0.1, -0.05) is 0 Å². The number of nitrogens with zero attached hydrogens (tertiary/aromatic N) is 2. The summed E-state index contributed by atoms with van der Waals surface area (Å²) in [5, 5.41) is 6.21. The lowest BCUT2D eigenvalue weighted by Crippen LogP contribution is -2.41. The van der Waals surface area contributed by atoms with Crippen LogP contribution in [-0.4, -0.2) is 50.8 Å². The van der Waals surface area contributed by atoms with Crippen molar-refractivity contribution in [2.45, 2.75) is 20.3 Å². The summed E-state index contributed by atoms with van der Waals surface area (Å²) in [7, 11) is 1.63. The smallest absolute Gasteiger partial charge is 0.234 e. The van der Waals surface area contributed by atoms with Crippen LogP contribution in [0.2, 0.25) is 0 Å². The molecular weight excluding hydrogens is 316 g/mol. The average molecular weight is 343 g/mol. The molecule has 1 aromatic heterocycles. The second-order valence-electron chi connectivity index (χ2n) is 5.67. The Labute approximate surface area is 144 Å². The van der Waals surface area contributed by atoms with E-state index in [0.29, 0.717) is 13.2 Å². The molecule has 130 valence electrons. The number of pyridine rings is 1. The summed E-state index contributed by atoms with van der Waals surface area (Å²) in [5.41, 5.74) is 0.245. The van der Waals surface area contributed by atoms with E-state index < -0.39 is 5.41 Å². The second-order valence-corrected chi connectivity index (χ2v) is 5.67. The van der Waals surface area contributed by atoms with Crippen LogP contribution in [-0.2, 0) is 9.53 Å². The molecule has 1 aromatic rings. The van der Waals surface area contributed by atoms with Crippen molar-refractivity contribution in [3.05, 3.63) is 18.3 Å². The number of methoxy groups -OCH3 is 1. The van der Waals surface area contributed by atoms with Gasteiger partial charge in [0.15, 0.2) is 0 Å². The van der Waals surface area contributed by atoms with Crippen LogP contribution in [0.15, 0.2) is 18.3 Å². The van der Waals surface area contributed by atoms with Gasteiger partial charge in [0, 0.05) is 26.7 Å². The Morgan fingerprint density at radius 1 is 1.43 bits per heavy atom. The zero-order chi connectivity index (χ0) is 16.0. The van der Waals surface area contributed by atoms with Gasteiger partial charge in [0.2, 0.25) is 5.91 Å². The molecule has 1 aliphatic heterocycles. The molecule has 1 aliphatic rings. The van der Waals surface area contributed by atoms with Gasteiger partial charge in [-0.2, -0.15) is 0 Å². The second kappa shape index (κ2) is 9.05. The maximum Gasteiger partial charge on any atom is 0.234 e. The highest BCUT2D eigenvalue weighted by atomic mass is 35.5. The van der Waals surface area contributed by atoms with E-state index in [0.717, 1.165) is 37.6 Å². The van der Waals surface area contributed by atoms with Crippen LogP contribution in [0.3, 0.4) is 0 Å². The van der Waals surface area contributed by atoms with Gasteiger partial charge in [-0.3, -0.25) is 4.79 Å². The Kier molecular flexibility index (Phi) is 7.75. The number of hydrogen-bond donors (Lipinski definition) is 2. The van der Waals surface area contributed by atoms with Crippen LogP contribution in [0.1, 0.15) is 20.3 Å². The summed E-state index contributed by atoms with van der Waals surface area (Å²) >= 11 is 0.